The summed E-state index contributed by atoms with van der Waals surface area (Å²) in [4.78, 5) is 18.9. The maximum Gasteiger partial charge on any atom is 0.260 e. The molecule has 1 amide bonds. The van der Waals surface area contributed by atoms with Gasteiger partial charge in [0.25, 0.3) is 5.91 Å². The number of anilines is 2. The van der Waals surface area contributed by atoms with Gasteiger partial charge in [0.05, 0.1) is 10.7 Å². The predicted molar refractivity (Wildman–Crippen MR) is 112 cm³/mol. The van der Waals surface area contributed by atoms with Crippen molar-refractivity contribution in [2.45, 2.75) is 30.2 Å². The van der Waals surface area contributed by atoms with E-state index in [9.17, 15) is 13.6 Å². The lowest BCUT2D eigenvalue weighted by molar-refractivity contribution is -0.0102. The summed E-state index contributed by atoms with van der Waals surface area (Å²) >= 11 is 1.40. The highest BCUT2D eigenvalue weighted by atomic mass is 32.2. The predicted octanol–water partition coefficient (Wildman–Crippen LogP) is 4.59. The summed E-state index contributed by atoms with van der Waals surface area (Å²) in [5.74, 6) is -4.31. The fourth-order valence-corrected chi connectivity index (χ4v) is 4.11. The lowest BCUT2D eigenvalue weighted by atomic mass is 10.1. The molecule has 31 heavy (non-hydrogen) atoms. The number of benzene rings is 1. The fourth-order valence-electron chi connectivity index (χ4n) is 3.70. The number of ether oxygens (including phenoxy) is 2. The average molecular weight is 453 g/mol. The molecule has 0 bridgehead atoms. The van der Waals surface area contributed by atoms with E-state index in [0.29, 0.717) is 10.7 Å². The maximum atomic E-state index is 15.5. The summed E-state index contributed by atoms with van der Waals surface area (Å²) in [5.41, 5.74) is 0.417. The number of carbonyl (C=O) groups excluding carboxylic acids is 1. The number of halogens is 3. The van der Waals surface area contributed by atoms with Gasteiger partial charge in [-0.05, 0) is 24.8 Å². The zero-order valence-corrected chi connectivity index (χ0v) is 17.7. The second-order valence-electron chi connectivity index (χ2n) is 7.35. The minimum Gasteiger partial charge on any atom is -0.486 e. The van der Waals surface area contributed by atoms with E-state index in [0.717, 1.165) is 0 Å². The number of thioether (sulfide) groups is 1. The molecule has 1 fully saturated rings. The normalized spacial score (nSPS) is 17.7. The Morgan fingerprint density at radius 2 is 2.03 bits per heavy atom. The summed E-state index contributed by atoms with van der Waals surface area (Å²) in [6.07, 6.45) is 3.00. The van der Waals surface area contributed by atoms with Crippen molar-refractivity contribution in [1.29, 1.82) is 0 Å². The van der Waals surface area contributed by atoms with Crippen molar-refractivity contribution in [3.05, 3.63) is 35.8 Å². The van der Waals surface area contributed by atoms with Gasteiger partial charge < -0.3 is 19.7 Å². The van der Waals surface area contributed by atoms with Crippen LogP contribution in [0.3, 0.4) is 0 Å². The fraction of sp³-hybridized carbons (Fsp3) is 0.429. The largest absolute Gasteiger partial charge is 0.486 e. The number of alkyl halides is 2. The molecule has 1 aromatic carbocycles. The van der Waals surface area contributed by atoms with E-state index >= 15 is 4.39 Å². The van der Waals surface area contributed by atoms with Gasteiger partial charge in [-0.1, -0.05) is 0 Å². The first-order valence-corrected chi connectivity index (χ1v) is 11.2. The molecule has 0 radical (unpaired) electrons. The number of carbonyl (C=O) groups is 1. The SMILES string of the molecule is CSc1cc(NC(=O)c2c(N3CCCC(F)(F)CC3)cc3c(c2F)OCCO3)ccn1. The van der Waals surface area contributed by atoms with Crippen LogP contribution in [0.1, 0.15) is 29.6 Å². The number of rotatable bonds is 4. The number of amides is 1. The second kappa shape index (κ2) is 8.86. The van der Waals surface area contributed by atoms with Crippen LogP contribution in [0.5, 0.6) is 11.5 Å². The molecule has 3 heterocycles. The quantitative estimate of drug-likeness (QED) is 0.684. The van der Waals surface area contributed by atoms with Crippen molar-refractivity contribution >= 4 is 29.0 Å². The van der Waals surface area contributed by atoms with E-state index in [-0.39, 0.29) is 68.3 Å². The smallest absolute Gasteiger partial charge is 0.260 e. The van der Waals surface area contributed by atoms with Gasteiger partial charge >= 0.3 is 0 Å². The monoisotopic (exact) mass is 453 g/mol. The van der Waals surface area contributed by atoms with E-state index in [1.54, 1.807) is 23.2 Å². The topological polar surface area (TPSA) is 63.7 Å². The van der Waals surface area contributed by atoms with E-state index in [4.69, 9.17) is 9.47 Å². The molecule has 0 aliphatic carbocycles. The number of hydrogen-bond donors (Lipinski definition) is 1. The van der Waals surface area contributed by atoms with E-state index in [1.807, 2.05) is 6.26 Å². The molecule has 1 aromatic heterocycles. The zero-order valence-electron chi connectivity index (χ0n) is 16.9. The van der Waals surface area contributed by atoms with Crippen LogP contribution in [0.15, 0.2) is 29.4 Å². The molecule has 1 saturated heterocycles. The number of nitrogens with zero attached hydrogens (tertiary/aromatic N) is 2. The van der Waals surface area contributed by atoms with Crippen LogP contribution in [-0.4, -0.2) is 49.4 Å². The van der Waals surface area contributed by atoms with Crippen molar-refractivity contribution in [2.24, 2.45) is 0 Å². The Bertz CT molecular complexity index is 990. The minimum absolute atomic E-state index is 0.00174. The number of aromatic nitrogens is 1. The Hall–Kier alpha value is -2.62. The first kappa shape index (κ1) is 21.6. The summed E-state index contributed by atoms with van der Waals surface area (Å²) < 4.78 is 54.2. The van der Waals surface area contributed by atoms with Gasteiger partial charge in [0.2, 0.25) is 5.92 Å². The molecule has 0 saturated carbocycles. The van der Waals surface area contributed by atoms with Crippen LogP contribution in [0, 0.1) is 5.82 Å². The highest BCUT2D eigenvalue weighted by molar-refractivity contribution is 7.98. The van der Waals surface area contributed by atoms with Gasteiger partial charge in [-0.25, -0.2) is 18.2 Å². The number of hydrogen-bond acceptors (Lipinski definition) is 6. The van der Waals surface area contributed by atoms with Gasteiger partial charge in [-0.3, -0.25) is 4.79 Å². The van der Waals surface area contributed by atoms with E-state index < -0.39 is 17.6 Å². The molecule has 1 N–H and O–H groups in total. The first-order chi connectivity index (χ1) is 14.9. The van der Waals surface area contributed by atoms with Gasteiger partial charge in [0, 0.05) is 43.9 Å². The van der Waals surface area contributed by atoms with Crippen LogP contribution in [-0.2, 0) is 0 Å². The van der Waals surface area contributed by atoms with Crippen molar-refractivity contribution in [3.63, 3.8) is 0 Å². The first-order valence-electron chi connectivity index (χ1n) is 9.94. The molecule has 0 spiro atoms. The third-order valence-corrected chi connectivity index (χ3v) is 5.88. The highest BCUT2D eigenvalue weighted by Gasteiger charge is 2.35. The Balaban J connectivity index is 1.73. The van der Waals surface area contributed by atoms with Crippen LogP contribution >= 0.6 is 11.8 Å². The third-order valence-electron chi connectivity index (χ3n) is 5.24. The van der Waals surface area contributed by atoms with Gasteiger partial charge in [-0.15, -0.1) is 11.8 Å². The van der Waals surface area contributed by atoms with Crippen LogP contribution in [0.25, 0.3) is 0 Å². The van der Waals surface area contributed by atoms with Crippen molar-refractivity contribution in [1.82, 2.24) is 4.98 Å². The second-order valence-corrected chi connectivity index (χ2v) is 8.17. The minimum atomic E-state index is -2.78. The van der Waals surface area contributed by atoms with Crippen LogP contribution in [0.4, 0.5) is 24.5 Å². The lowest BCUT2D eigenvalue weighted by Crippen LogP contribution is -2.30. The summed E-state index contributed by atoms with van der Waals surface area (Å²) in [6.45, 7) is 0.671. The van der Waals surface area contributed by atoms with Crippen molar-refractivity contribution in [2.75, 3.05) is 42.8 Å². The molecule has 166 valence electrons. The molecule has 2 aromatic rings. The molecule has 4 rings (SSSR count). The maximum absolute atomic E-state index is 15.5. The molecule has 2 aliphatic rings. The summed E-state index contributed by atoms with van der Waals surface area (Å²) in [7, 11) is 0. The lowest BCUT2D eigenvalue weighted by Gasteiger charge is -2.28. The van der Waals surface area contributed by atoms with Crippen molar-refractivity contribution in [3.8, 4) is 11.5 Å². The highest BCUT2D eigenvalue weighted by Crippen LogP contribution is 2.42. The molecular formula is C21H22F3N3O3S. The Kier molecular flexibility index (Phi) is 6.17. The average Bonchev–Trinajstić information content (AvgIpc) is 2.94. The molecular weight excluding hydrogens is 431 g/mol. The molecule has 10 heteroatoms. The van der Waals surface area contributed by atoms with Crippen LogP contribution in [0.2, 0.25) is 0 Å². The molecule has 2 aliphatic heterocycles. The standard InChI is InChI=1S/C21H22F3N3O3S/c1-31-16-11-13(3-6-25-16)26-20(28)17-14(27-7-2-4-21(23,24)5-8-27)12-15-19(18(17)22)30-10-9-29-15/h3,6,11-12H,2,4-5,7-10H2,1H3,(H,25,26,28). The van der Waals surface area contributed by atoms with E-state index in [2.05, 4.69) is 10.3 Å². The number of nitrogens with one attached hydrogen (secondary N) is 1. The van der Waals surface area contributed by atoms with E-state index in [1.165, 1.54) is 17.8 Å². The van der Waals surface area contributed by atoms with Gasteiger partial charge in [0.15, 0.2) is 17.3 Å². The Labute approximate surface area is 182 Å². The zero-order chi connectivity index (χ0) is 22.0. The summed E-state index contributed by atoms with van der Waals surface area (Å²) in [5, 5.41) is 3.38. The molecule has 0 atom stereocenters. The third kappa shape index (κ3) is 4.68. The number of pyridine rings is 1. The van der Waals surface area contributed by atoms with Gasteiger partial charge in [-0.2, -0.15) is 0 Å². The van der Waals surface area contributed by atoms with Crippen molar-refractivity contribution < 1.29 is 27.4 Å². The summed E-state index contributed by atoms with van der Waals surface area (Å²) in [6, 6.07) is 4.78. The molecule has 0 unspecified atom stereocenters. The Morgan fingerprint density at radius 3 is 2.84 bits per heavy atom. The van der Waals surface area contributed by atoms with Gasteiger partial charge in [0.1, 0.15) is 18.8 Å². The molecule has 6 nitrogen and oxygen atoms in total. The number of fused-ring (bicyclic) bond motifs is 1. The van der Waals surface area contributed by atoms with Crippen LogP contribution < -0.4 is 19.7 Å². The Morgan fingerprint density at radius 1 is 1.23 bits per heavy atom.